The highest BCUT2D eigenvalue weighted by Gasteiger charge is 2.11. The maximum Gasteiger partial charge on any atom is 0.221 e. The van der Waals surface area contributed by atoms with E-state index in [2.05, 4.69) is 5.32 Å². The number of nitrogens with one attached hydrogen (secondary N) is 1. The summed E-state index contributed by atoms with van der Waals surface area (Å²) < 4.78 is 13.8. The molecule has 0 saturated heterocycles. The quantitative estimate of drug-likeness (QED) is 0.836. The monoisotopic (exact) mass is 254 g/mol. The van der Waals surface area contributed by atoms with Crippen LogP contribution in [-0.4, -0.2) is 31.7 Å². The van der Waals surface area contributed by atoms with Crippen molar-refractivity contribution in [1.82, 2.24) is 5.32 Å². The molecule has 5 heteroatoms. The van der Waals surface area contributed by atoms with Crippen molar-refractivity contribution in [1.29, 1.82) is 0 Å². The van der Waals surface area contributed by atoms with Gasteiger partial charge in [-0.3, -0.25) is 4.79 Å². The van der Waals surface area contributed by atoms with E-state index in [9.17, 15) is 14.3 Å². The van der Waals surface area contributed by atoms with E-state index in [1.54, 1.807) is 38.1 Å². The predicted octanol–water partition coefficient (Wildman–Crippen LogP) is 1.45. The van der Waals surface area contributed by atoms with E-state index >= 15 is 0 Å². The molecule has 2 N–H and O–H groups in total. The van der Waals surface area contributed by atoms with Crippen molar-refractivity contribution < 1.29 is 14.3 Å². The first-order chi connectivity index (χ1) is 8.45. The van der Waals surface area contributed by atoms with Crippen molar-refractivity contribution in [2.45, 2.75) is 19.4 Å². The highest BCUT2D eigenvalue weighted by molar-refractivity contribution is 5.76. The van der Waals surface area contributed by atoms with Gasteiger partial charge in [0.1, 0.15) is 5.82 Å². The van der Waals surface area contributed by atoms with Gasteiger partial charge >= 0.3 is 0 Å². The number of carbonyl (C=O) groups is 1. The Morgan fingerprint density at radius 1 is 1.56 bits per heavy atom. The molecule has 1 amide bonds. The van der Waals surface area contributed by atoms with Crippen LogP contribution in [0.2, 0.25) is 0 Å². The number of anilines is 1. The Bertz CT molecular complexity index is 421. The molecule has 0 unspecified atom stereocenters. The lowest BCUT2D eigenvalue weighted by atomic mass is 10.1. The Morgan fingerprint density at radius 3 is 2.72 bits per heavy atom. The summed E-state index contributed by atoms with van der Waals surface area (Å²) in [5, 5.41) is 11.9. The van der Waals surface area contributed by atoms with Gasteiger partial charge < -0.3 is 15.3 Å². The van der Waals surface area contributed by atoms with Crippen LogP contribution in [0.4, 0.5) is 10.1 Å². The van der Waals surface area contributed by atoms with Crippen molar-refractivity contribution in [2.75, 3.05) is 25.5 Å². The van der Waals surface area contributed by atoms with Crippen LogP contribution >= 0.6 is 0 Å². The average molecular weight is 254 g/mol. The summed E-state index contributed by atoms with van der Waals surface area (Å²) in [5.74, 6) is -0.476. The van der Waals surface area contributed by atoms with E-state index in [-0.39, 0.29) is 5.91 Å². The number of halogens is 1. The van der Waals surface area contributed by atoms with Gasteiger partial charge in [0.25, 0.3) is 0 Å². The summed E-state index contributed by atoms with van der Waals surface area (Å²) in [6, 6.07) is 4.61. The Hall–Kier alpha value is -1.62. The second-order valence-electron chi connectivity index (χ2n) is 4.23. The predicted molar refractivity (Wildman–Crippen MR) is 69.0 cm³/mol. The number of hydrogen-bond donors (Lipinski definition) is 2. The van der Waals surface area contributed by atoms with Gasteiger partial charge in [0.15, 0.2) is 0 Å². The van der Waals surface area contributed by atoms with E-state index in [0.717, 1.165) is 0 Å². The summed E-state index contributed by atoms with van der Waals surface area (Å²) >= 11 is 0. The van der Waals surface area contributed by atoms with Crippen LogP contribution in [0.5, 0.6) is 0 Å². The number of benzene rings is 1. The van der Waals surface area contributed by atoms with E-state index < -0.39 is 11.9 Å². The lowest BCUT2D eigenvalue weighted by Crippen LogP contribution is -2.26. The topological polar surface area (TPSA) is 52.6 Å². The lowest BCUT2D eigenvalue weighted by Gasteiger charge is -2.20. The second kappa shape index (κ2) is 6.35. The molecular weight excluding hydrogens is 235 g/mol. The minimum atomic E-state index is -0.690. The number of hydrogen-bond acceptors (Lipinski definition) is 3. The largest absolute Gasteiger partial charge is 0.389 e. The summed E-state index contributed by atoms with van der Waals surface area (Å²) in [4.78, 5) is 12.8. The Balaban J connectivity index is 2.74. The molecule has 0 saturated carbocycles. The summed E-state index contributed by atoms with van der Waals surface area (Å²) in [6.07, 6.45) is -0.380. The molecule has 0 aromatic heterocycles. The minimum absolute atomic E-state index is 0.0807. The molecule has 0 aliphatic heterocycles. The number of aliphatic hydroxyl groups is 1. The zero-order valence-electron chi connectivity index (χ0n) is 10.9. The van der Waals surface area contributed by atoms with E-state index in [1.807, 2.05) is 0 Å². The van der Waals surface area contributed by atoms with Crippen LogP contribution in [0.1, 0.15) is 25.0 Å². The fourth-order valence-corrected chi connectivity index (χ4v) is 1.61. The third-order valence-electron chi connectivity index (χ3n) is 2.82. The first-order valence-electron chi connectivity index (χ1n) is 5.85. The van der Waals surface area contributed by atoms with Crippen LogP contribution in [0, 0.1) is 5.82 Å². The summed E-state index contributed by atoms with van der Waals surface area (Å²) in [6.45, 7) is 2.02. The second-order valence-corrected chi connectivity index (χ2v) is 4.23. The summed E-state index contributed by atoms with van der Waals surface area (Å²) in [5.41, 5.74) is 0.958. The Kier molecular flexibility index (Phi) is 5.09. The molecule has 0 bridgehead atoms. The standard InChI is InChI=1S/C13H19FN2O2/c1-9(17)10-4-5-12(11(14)8-10)16(3)7-6-13(18)15-2/h4-5,8-9,17H,6-7H2,1-3H3,(H,15,18)/t9-/m1/s1. The van der Waals surface area contributed by atoms with Gasteiger partial charge in [-0.15, -0.1) is 0 Å². The molecular formula is C13H19FN2O2. The van der Waals surface area contributed by atoms with Crippen molar-refractivity contribution in [3.8, 4) is 0 Å². The van der Waals surface area contributed by atoms with Crippen LogP contribution in [0.15, 0.2) is 18.2 Å². The normalized spacial score (nSPS) is 12.1. The highest BCUT2D eigenvalue weighted by atomic mass is 19.1. The Labute approximate surface area is 106 Å². The van der Waals surface area contributed by atoms with E-state index in [4.69, 9.17) is 0 Å². The molecule has 0 radical (unpaired) electrons. The van der Waals surface area contributed by atoms with Crippen LogP contribution < -0.4 is 10.2 Å². The third kappa shape index (κ3) is 3.70. The molecule has 18 heavy (non-hydrogen) atoms. The molecule has 0 heterocycles. The van der Waals surface area contributed by atoms with Crippen molar-refractivity contribution in [3.05, 3.63) is 29.6 Å². The van der Waals surface area contributed by atoms with Gasteiger partial charge in [0.2, 0.25) is 5.91 Å². The molecule has 0 fully saturated rings. The maximum absolute atomic E-state index is 13.8. The van der Waals surface area contributed by atoms with Gasteiger partial charge in [-0.1, -0.05) is 6.07 Å². The third-order valence-corrected chi connectivity index (χ3v) is 2.82. The van der Waals surface area contributed by atoms with Gasteiger partial charge in [-0.2, -0.15) is 0 Å². The lowest BCUT2D eigenvalue weighted by molar-refractivity contribution is -0.120. The maximum atomic E-state index is 13.8. The summed E-state index contributed by atoms with van der Waals surface area (Å²) in [7, 11) is 3.30. The number of carbonyl (C=O) groups excluding carboxylic acids is 1. The van der Waals surface area contributed by atoms with Gasteiger partial charge in [-0.05, 0) is 24.6 Å². The van der Waals surface area contributed by atoms with Gasteiger partial charge in [0, 0.05) is 27.1 Å². The molecule has 1 aromatic rings. The molecule has 0 aliphatic carbocycles. The number of amides is 1. The van der Waals surface area contributed by atoms with Gasteiger partial charge in [-0.25, -0.2) is 4.39 Å². The van der Waals surface area contributed by atoms with Crippen molar-refractivity contribution >= 4 is 11.6 Å². The Morgan fingerprint density at radius 2 is 2.22 bits per heavy atom. The van der Waals surface area contributed by atoms with E-state index in [1.165, 1.54) is 6.07 Å². The smallest absolute Gasteiger partial charge is 0.221 e. The molecule has 4 nitrogen and oxygen atoms in total. The number of aliphatic hydroxyl groups excluding tert-OH is 1. The molecule has 0 aliphatic rings. The number of nitrogens with zero attached hydrogens (tertiary/aromatic N) is 1. The van der Waals surface area contributed by atoms with Gasteiger partial charge in [0.05, 0.1) is 11.8 Å². The fraction of sp³-hybridized carbons (Fsp3) is 0.462. The van der Waals surface area contributed by atoms with Crippen LogP contribution in [-0.2, 0) is 4.79 Å². The molecule has 100 valence electrons. The molecule has 1 rings (SSSR count). The minimum Gasteiger partial charge on any atom is -0.389 e. The van der Waals surface area contributed by atoms with Crippen molar-refractivity contribution in [3.63, 3.8) is 0 Å². The first kappa shape index (κ1) is 14.4. The van der Waals surface area contributed by atoms with Crippen molar-refractivity contribution in [2.24, 2.45) is 0 Å². The van der Waals surface area contributed by atoms with Crippen LogP contribution in [0.25, 0.3) is 0 Å². The molecule has 0 spiro atoms. The van der Waals surface area contributed by atoms with E-state index in [0.29, 0.717) is 24.2 Å². The number of rotatable bonds is 5. The first-order valence-corrected chi connectivity index (χ1v) is 5.85. The highest BCUT2D eigenvalue weighted by Crippen LogP contribution is 2.22. The fourth-order valence-electron chi connectivity index (χ4n) is 1.61. The zero-order valence-corrected chi connectivity index (χ0v) is 10.9. The van der Waals surface area contributed by atoms with Crippen LogP contribution in [0.3, 0.4) is 0 Å². The SMILES string of the molecule is CNC(=O)CCN(C)c1ccc([C@@H](C)O)cc1F. The molecule has 1 aromatic carbocycles. The molecule has 1 atom stereocenters. The zero-order chi connectivity index (χ0) is 13.7. The average Bonchev–Trinajstić information content (AvgIpc) is 2.35.